The molecule has 2 aliphatic heterocycles. The molecule has 2 aromatic rings. The largest absolute Gasteiger partial charge is 0.472 e. The van der Waals surface area contributed by atoms with Gasteiger partial charge in [0.1, 0.15) is 41.7 Å². The first-order valence-corrected chi connectivity index (χ1v) is 14.5. The van der Waals surface area contributed by atoms with E-state index in [2.05, 4.69) is 0 Å². The topological polar surface area (TPSA) is 181 Å². The van der Waals surface area contributed by atoms with E-state index in [1.807, 2.05) is 24.3 Å². The van der Waals surface area contributed by atoms with Crippen LogP contribution in [-0.2, 0) is 33.3 Å². The average molecular weight is 625 g/mol. The Morgan fingerprint density at radius 2 is 1.49 bits per heavy atom. The molecular formula is C33H36O12. The van der Waals surface area contributed by atoms with Gasteiger partial charge in [0.05, 0.1) is 18.8 Å². The second-order valence-electron chi connectivity index (χ2n) is 11.4. The van der Waals surface area contributed by atoms with E-state index in [1.54, 1.807) is 48.6 Å². The van der Waals surface area contributed by atoms with Crippen LogP contribution < -0.4 is 0 Å². The lowest BCUT2D eigenvalue weighted by molar-refractivity contribution is -0.351. The molecule has 0 amide bonds. The molecule has 1 aliphatic carbocycles. The molecule has 240 valence electrons. The second-order valence-corrected chi connectivity index (χ2v) is 11.4. The number of hydrogen-bond donors (Lipinski definition) is 5. The Kier molecular flexibility index (Phi) is 9.85. The summed E-state index contributed by atoms with van der Waals surface area (Å²) in [4.78, 5) is 26.0. The van der Waals surface area contributed by atoms with Crippen LogP contribution in [0, 0.1) is 5.92 Å². The van der Waals surface area contributed by atoms with E-state index < -0.39 is 78.8 Å². The highest BCUT2D eigenvalue weighted by Crippen LogP contribution is 2.52. The quantitative estimate of drug-likeness (QED) is 0.198. The number of carbonyl (C=O) groups is 2. The summed E-state index contributed by atoms with van der Waals surface area (Å²) in [5.41, 5.74) is -2.08. The lowest BCUT2D eigenvalue weighted by Gasteiger charge is -2.46. The predicted octanol–water partition coefficient (Wildman–Crippen LogP) is 1.06. The van der Waals surface area contributed by atoms with Crippen molar-refractivity contribution in [1.29, 1.82) is 0 Å². The van der Waals surface area contributed by atoms with Crippen LogP contribution in [0.5, 0.6) is 0 Å². The van der Waals surface area contributed by atoms with Crippen LogP contribution in [0.15, 0.2) is 85.2 Å². The molecule has 2 heterocycles. The smallest absolute Gasteiger partial charge is 0.331 e. The molecule has 1 saturated heterocycles. The Morgan fingerprint density at radius 1 is 0.889 bits per heavy atom. The van der Waals surface area contributed by atoms with Crippen molar-refractivity contribution in [2.45, 2.75) is 67.6 Å². The van der Waals surface area contributed by atoms with Crippen molar-refractivity contribution in [1.82, 2.24) is 0 Å². The second kappa shape index (κ2) is 13.6. The van der Waals surface area contributed by atoms with E-state index in [4.69, 9.17) is 23.7 Å². The van der Waals surface area contributed by atoms with E-state index in [0.29, 0.717) is 0 Å². The zero-order valence-corrected chi connectivity index (χ0v) is 24.4. The fraction of sp³-hybridized carbons (Fsp3) is 0.394. The SMILES string of the molecule is C[C@]1(OC(=O)C=Cc2ccccc2)C[C@@H](OC(=O)C=Cc2ccccc2)[C@]2(O)C=CO[C@@H](O[C@@H]3O[C@H](CO)[C@@H](O)[C@H](O)[C@H]3O)[C@H]21. The number of aliphatic hydroxyl groups is 5. The average Bonchev–Trinajstić information content (AvgIpc) is 3.25. The maximum absolute atomic E-state index is 13.1. The molecule has 10 atom stereocenters. The van der Waals surface area contributed by atoms with Gasteiger partial charge in [0.2, 0.25) is 6.29 Å². The van der Waals surface area contributed by atoms with Crippen LogP contribution in [0.25, 0.3) is 12.2 Å². The number of ether oxygens (including phenoxy) is 5. The highest BCUT2D eigenvalue weighted by atomic mass is 16.8. The van der Waals surface area contributed by atoms with Gasteiger partial charge in [-0.1, -0.05) is 60.7 Å². The van der Waals surface area contributed by atoms with Gasteiger partial charge in [0.15, 0.2) is 6.29 Å². The summed E-state index contributed by atoms with van der Waals surface area (Å²) in [6, 6.07) is 18.1. The number of carbonyl (C=O) groups excluding carboxylic acids is 2. The Hall–Kier alpha value is -3.88. The van der Waals surface area contributed by atoms with Gasteiger partial charge in [0, 0.05) is 18.6 Å². The van der Waals surface area contributed by atoms with Gasteiger partial charge < -0.3 is 49.2 Å². The van der Waals surface area contributed by atoms with Gasteiger partial charge in [-0.2, -0.15) is 0 Å². The van der Waals surface area contributed by atoms with Crippen molar-refractivity contribution < 1.29 is 58.8 Å². The molecule has 0 bridgehead atoms. The van der Waals surface area contributed by atoms with E-state index in [1.165, 1.54) is 25.2 Å². The molecule has 12 nitrogen and oxygen atoms in total. The van der Waals surface area contributed by atoms with Crippen molar-refractivity contribution >= 4 is 24.1 Å². The van der Waals surface area contributed by atoms with Crippen LogP contribution in [0.1, 0.15) is 24.5 Å². The summed E-state index contributed by atoms with van der Waals surface area (Å²) in [5, 5.41) is 52.7. The van der Waals surface area contributed by atoms with Crippen LogP contribution in [0.3, 0.4) is 0 Å². The minimum atomic E-state index is -1.99. The normalized spacial score (nSPS) is 36.0. The van der Waals surface area contributed by atoms with E-state index in [0.717, 1.165) is 17.4 Å². The Balaban J connectivity index is 1.41. The Morgan fingerprint density at radius 3 is 2.09 bits per heavy atom. The molecule has 0 aromatic heterocycles. The number of fused-ring (bicyclic) bond motifs is 1. The molecule has 5 rings (SSSR count). The molecule has 2 aromatic carbocycles. The standard InChI is InChI=1S/C33H36O12/c1-32(45-25(36)15-13-21-10-6-3-7-11-21)18-23(43-24(35)14-12-20-8-4-2-5-9-20)33(40)16-17-41-31(29(32)33)44-30-28(39)27(38)26(37)22(19-34)42-30/h2-17,22-23,26-31,34,37-40H,18-19H2,1H3/t22-,23-,26-,27+,28-,29+,30+,31+,32+,33-/m1/s1. The lowest BCUT2D eigenvalue weighted by Crippen LogP contribution is -2.62. The third kappa shape index (κ3) is 7.02. The van der Waals surface area contributed by atoms with Gasteiger partial charge in [-0.15, -0.1) is 0 Å². The van der Waals surface area contributed by atoms with E-state index in [-0.39, 0.29) is 6.42 Å². The summed E-state index contributed by atoms with van der Waals surface area (Å²) in [7, 11) is 0. The predicted molar refractivity (Wildman–Crippen MR) is 157 cm³/mol. The van der Waals surface area contributed by atoms with Crippen molar-refractivity contribution in [3.05, 3.63) is 96.3 Å². The van der Waals surface area contributed by atoms with Crippen LogP contribution in [0.4, 0.5) is 0 Å². The molecule has 45 heavy (non-hydrogen) atoms. The monoisotopic (exact) mass is 624 g/mol. The summed E-state index contributed by atoms with van der Waals surface area (Å²) >= 11 is 0. The highest BCUT2D eigenvalue weighted by Gasteiger charge is 2.68. The van der Waals surface area contributed by atoms with Crippen molar-refractivity contribution in [2.24, 2.45) is 5.92 Å². The number of aliphatic hydroxyl groups excluding tert-OH is 4. The number of hydrogen-bond acceptors (Lipinski definition) is 12. The third-order valence-electron chi connectivity index (χ3n) is 8.21. The Labute approximate surface area is 259 Å². The molecule has 12 heteroatoms. The fourth-order valence-electron chi connectivity index (χ4n) is 5.93. The summed E-state index contributed by atoms with van der Waals surface area (Å²) in [6.07, 6.45) is -3.02. The molecule has 5 N–H and O–H groups in total. The van der Waals surface area contributed by atoms with E-state index >= 15 is 0 Å². The first-order chi connectivity index (χ1) is 21.5. The first kappa shape index (κ1) is 32.5. The molecule has 0 spiro atoms. The van der Waals surface area contributed by atoms with Gasteiger partial charge >= 0.3 is 11.9 Å². The van der Waals surface area contributed by atoms with Crippen LogP contribution >= 0.6 is 0 Å². The highest BCUT2D eigenvalue weighted by molar-refractivity contribution is 5.88. The van der Waals surface area contributed by atoms with Crippen molar-refractivity contribution in [3.63, 3.8) is 0 Å². The Bertz CT molecular complexity index is 1410. The zero-order valence-electron chi connectivity index (χ0n) is 24.4. The summed E-state index contributed by atoms with van der Waals surface area (Å²) < 4.78 is 28.7. The molecule has 0 unspecified atom stereocenters. The van der Waals surface area contributed by atoms with Gasteiger partial charge in [0.25, 0.3) is 0 Å². The molecule has 2 fully saturated rings. The maximum Gasteiger partial charge on any atom is 0.331 e. The molecular weight excluding hydrogens is 588 g/mol. The van der Waals surface area contributed by atoms with Crippen LogP contribution in [0.2, 0.25) is 0 Å². The third-order valence-corrected chi connectivity index (χ3v) is 8.21. The van der Waals surface area contributed by atoms with Gasteiger partial charge in [-0.05, 0) is 36.3 Å². The lowest BCUT2D eigenvalue weighted by atomic mass is 9.81. The molecule has 1 saturated carbocycles. The van der Waals surface area contributed by atoms with Gasteiger partial charge in [-0.3, -0.25) is 0 Å². The summed E-state index contributed by atoms with van der Waals surface area (Å²) in [5.74, 6) is -2.78. The van der Waals surface area contributed by atoms with E-state index in [9.17, 15) is 35.1 Å². The number of rotatable bonds is 9. The van der Waals surface area contributed by atoms with Crippen molar-refractivity contribution in [3.8, 4) is 0 Å². The zero-order chi connectivity index (χ0) is 32.2. The number of benzene rings is 2. The molecule has 3 aliphatic rings. The van der Waals surface area contributed by atoms with Crippen LogP contribution in [-0.4, -0.2) is 98.4 Å². The fourth-order valence-corrected chi connectivity index (χ4v) is 5.93. The first-order valence-electron chi connectivity index (χ1n) is 14.5. The minimum Gasteiger partial charge on any atom is -0.472 e. The molecule has 0 radical (unpaired) electrons. The van der Waals surface area contributed by atoms with Gasteiger partial charge in [-0.25, -0.2) is 9.59 Å². The maximum atomic E-state index is 13.1. The van der Waals surface area contributed by atoms with Crippen molar-refractivity contribution in [2.75, 3.05) is 6.61 Å². The minimum absolute atomic E-state index is 0.174. The summed E-state index contributed by atoms with van der Waals surface area (Å²) in [6.45, 7) is 0.831. The number of esters is 2.